The van der Waals surface area contributed by atoms with E-state index in [1.165, 1.54) is 16.9 Å². The van der Waals surface area contributed by atoms with Crippen LogP contribution < -0.4 is 10.6 Å². The molecule has 0 bridgehead atoms. The van der Waals surface area contributed by atoms with Gasteiger partial charge in [-0.15, -0.1) is 11.3 Å². The van der Waals surface area contributed by atoms with Crippen LogP contribution in [0, 0.1) is 24.4 Å². The Hall–Kier alpha value is -2.87. The number of amides is 2. The van der Waals surface area contributed by atoms with Crippen molar-refractivity contribution in [2.45, 2.75) is 13.3 Å². The van der Waals surface area contributed by atoms with E-state index in [-0.39, 0.29) is 6.54 Å². The second-order valence-electron chi connectivity index (χ2n) is 5.86. The van der Waals surface area contributed by atoms with Crippen LogP contribution in [0.2, 0.25) is 0 Å². The van der Waals surface area contributed by atoms with Gasteiger partial charge in [0.05, 0.1) is 11.4 Å². The lowest BCUT2D eigenvalue weighted by Crippen LogP contribution is -2.31. The van der Waals surface area contributed by atoms with E-state index < -0.39 is 29.2 Å². The summed E-state index contributed by atoms with van der Waals surface area (Å²) in [4.78, 5) is 16.3. The highest BCUT2D eigenvalue weighted by molar-refractivity contribution is 7.13. The van der Waals surface area contributed by atoms with Gasteiger partial charge in [0.15, 0.2) is 17.5 Å². The minimum Gasteiger partial charge on any atom is -0.337 e. The Bertz CT molecular complexity index is 957. The van der Waals surface area contributed by atoms with Crippen molar-refractivity contribution in [1.82, 2.24) is 10.3 Å². The minimum absolute atomic E-state index is 0.258. The number of nitrogens with one attached hydrogen (secondary N) is 2. The molecule has 27 heavy (non-hydrogen) atoms. The van der Waals surface area contributed by atoms with E-state index in [0.29, 0.717) is 6.42 Å². The van der Waals surface area contributed by atoms with Gasteiger partial charge in [-0.25, -0.2) is 22.9 Å². The molecule has 0 fully saturated rings. The molecule has 8 heteroatoms. The maximum Gasteiger partial charge on any atom is 0.319 e. The molecule has 4 nitrogen and oxygen atoms in total. The Balaban J connectivity index is 1.52. The first-order valence-corrected chi connectivity index (χ1v) is 9.02. The molecule has 3 aromatic rings. The number of hydrogen-bond donors (Lipinski definition) is 2. The summed E-state index contributed by atoms with van der Waals surface area (Å²) in [6.45, 7) is 2.27. The number of halogens is 3. The number of aromatic nitrogens is 1. The van der Waals surface area contributed by atoms with Crippen molar-refractivity contribution in [1.29, 1.82) is 0 Å². The van der Waals surface area contributed by atoms with Crippen LogP contribution >= 0.6 is 11.3 Å². The van der Waals surface area contributed by atoms with Crippen LogP contribution in [-0.4, -0.2) is 17.6 Å². The summed E-state index contributed by atoms with van der Waals surface area (Å²) in [5.74, 6) is -4.38. The SMILES string of the molecule is Cc1ccc(-c2nc(CCNC(=O)Nc3ccc(F)c(F)c3F)cs2)cc1. The fourth-order valence-electron chi connectivity index (χ4n) is 2.34. The third kappa shape index (κ3) is 4.65. The van der Waals surface area contributed by atoms with Crippen molar-refractivity contribution < 1.29 is 18.0 Å². The average Bonchev–Trinajstić information content (AvgIpc) is 3.12. The third-order valence-corrected chi connectivity index (χ3v) is 4.74. The van der Waals surface area contributed by atoms with E-state index in [1.807, 2.05) is 36.6 Å². The van der Waals surface area contributed by atoms with E-state index in [0.717, 1.165) is 28.4 Å². The molecule has 1 heterocycles. The molecule has 0 saturated heterocycles. The van der Waals surface area contributed by atoms with Crippen molar-refractivity contribution in [2.24, 2.45) is 0 Å². The number of anilines is 1. The minimum atomic E-state index is -1.63. The molecule has 140 valence electrons. The van der Waals surface area contributed by atoms with Crippen LogP contribution in [0.25, 0.3) is 10.6 Å². The predicted molar refractivity (Wildman–Crippen MR) is 99.3 cm³/mol. The molecule has 0 aliphatic heterocycles. The maximum atomic E-state index is 13.5. The summed E-state index contributed by atoms with van der Waals surface area (Å²) in [5.41, 5.74) is 2.58. The molecule has 0 atom stereocenters. The summed E-state index contributed by atoms with van der Waals surface area (Å²) in [6, 6.07) is 9.02. The molecule has 2 N–H and O–H groups in total. The molecule has 0 unspecified atom stereocenters. The van der Waals surface area contributed by atoms with Crippen LogP contribution in [0.3, 0.4) is 0 Å². The molecular weight excluding hydrogens is 375 g/mol. The second-order valence-corrected chi connectivity index (χ2v) is 6.72. The van der Waals surface area contributed by atoms with Gasteiger partial charge in [-0.2, -0.15) is 0 Å². The van der Waals surface area contributed by atoms with Crippen molar-refractivity contribution in [3.05, 3.63) is 70.5 Å². The zero-order valence-electron chi connectivity index (χ0n) is 14.4. The van der Waals surface area contributed by atoms with Gasteiger partial charge in [0.1, 0.15) is 5.01 Å². The average molecular weight is 391 g/mol. The molecule has 0 spiro atoms. The lowest BCUT2D eigenvalue weighted by Gasteiger charge is -2.08. The summed E-state index contributed by atoms with van der Waals surface area (Å²) >= 11 is 1.51. The van der Waals surface area contributed by atoms with Gasteiger partial charge < -0.3 is 10.6 Å². The van der Waals surface area contributed by atoms with Crippen molar-refractivity contribution in [2.75, 3.05) is 11.9 Å². The highest BCUT2D eigenvalue weighted by Gasteiger charge is 2.15. The van der Waals surface area contributed by atoms with Crippen molar-refractivity contribution in [3.8, 4) is 10.6 Å². The quantitative estimate of drug-likeness (QED) is 0.608. The first-order chi connectivity index (χ1) is 12.9. The van der Waals surface area contributed by atoms with Gasteiger partial charge in [-0.1, -0.05) is 29.8 Å². The Labute approximate surface area is 158 Å². The number of urea groups is 1. The lowest BCUT2D eigenvalue weighted by atomic mass is 10.2. The number of aryl methyl sites for hydroxylation is 1. The monoisotopic (exact) mass is 391 g/mol. The van der Waals surface area contributed by atoms with Crippen LogP contribution in [0.5, 0.6) is 0 Å². The summed E-state index contributed by atoms with van der Waals surface area (Å²) in [6.07, 6.45) is 0.482. The van der Waals surface area contributed by atoms with Crippen molar-refractivity contribution in [3.63, 3.8) is 0 Å². The number of carbonyl (C=O) groups excluding carboxylic acids is 1. The Morgan fingerprint density at radius 1 is 1.07 bits per heavy atom. The molecular formula is C19H16F3N3OS. The molecule has 2 aromatic carbocycles. The van der Waals surface area contributed by atoms with Crippen LogP contribution in [0.4, 0.5) is 23.7 Å². The number of carbonyl (C=O) groups is 1. The lowest BCUT2D eigenvalue weighted by molar-refractivity contribution is 0.252. The molecule has 3 rings (SSSR count). The second kappa shape index (κ2) is 8.22. The van der Waals surface area contributed by atoms with Gasteiger partial charge in [-0.05, 0) is 19.1 Å². The number of benzene rings is 2. The molecule has 0 radical (unpaired) electrons. The fraction of sp³-hybridized carbons (Fsp3) is 0.158. The number of rotatable bonds is 5. The number of hydrogen-bond acceptors (Lipinski definition) is 3. The standard InChI is InChI=1S/C19H16F3N3OS/c1-11-2-4-12(5-3-11)18-24-13(10-27-18)8-9-23-19(26)25-15-7-6-14(20)16(21)17(15)22/h2-7,10H,8-9H2,1H3,(H2,23,25,26). The fourth-order valence-corrected chi connectivity index (χ4v) is 3.20. The number of thiazole rings is 1. The van der Waals surface area contributed by atoms with Crippen molar-refractivity contribution >= 4 is 23.1 Å². The van der Waals surface area contributed by atoms with Gasteiger partial charge in [0.25, 0.3) is 0 Å². The van der Waals surface area contributed by atoms with Crippen LogP contribution in [-0.2, 0) is 6.42 Å². The van der Waals surface area contributed by atoms with Gasteiger partial charge in [-0.3, -0.25) is 0 Å². The predicted octanol–water partition coefficient (Wildman–Crippen LogP) is 4.90. The summed E-state index contributed by atoms with van der Waals surface area (Å²) in [5, 5.41) is 7.47. The molecule has 0 aliphatic carbocycles. The van der Waals surface area contributed by atoms with Gasteiger partial charge in [0.2, 0.25) is 0 Å². The van der Waals surface area contributed by atoms with E-state index in [9.17, 15) is 18.0 Å². The van der Waals surface area contributed by atoms with E-state index in [2.05, 4.69) is 15.6 Å². The molecule has 0 aliphatic rings. The Morgan fingerprint density at radius 2 is 1.81 bits per heavy atom. The van der Waals surface area contributed by atoms with Gasteiger partial charge >= 0.3 is 6.03 Å². The first-order valence-electron chi connectivity index (χ1n) is 8.14. The number of nitrogens with zero attached hydrogens (tertiary/aromatic N) is 1. The van der Waals surface area contributed by atoms with E-state index >= 15 is 0 Å². The zero-order chi connectivity index (χ0) is 19.4. The van der Waals surface area contributed by atoms with Crippen LogP contribution in [0.1, 0.15) is 11.3 Å². The molecule has 2 amide bonds. The zero-order valence-corrected chi connectivity index (χ0v) is 15.2. The van der Waals surface area contributed by atoms with Crippen LogP contribution in [0.15, 0.2) is 41.8 Å². The first kappa shape index (κ1) is 18.9. The highest BCUT2D eigenvalue weighted by Crippen LogP contribution is 2.24. The van der Waals surface area contributed by atoms with E-state index in [4.69, 9.17) is 0 Å². The third-order valence-electron chi connectivity index (χ3n) is 3.80. The maximum absolute atomic E-state index is 13.5. The summed E-state index contributed by atoms with van der Waals surface area (Å²) < 4.78 is 39.6. The Kier molecular flexibility index (Phi) is 5.75. The smallest absolute Gasteiger partial charge is 0.319 e. The summed E-state index contributed by atoms with van der Waals surface area (Å²) in [7, 11) is 0. The van der Waals surface area contributed by atoms with E-state index in [1.54, 1.807) is 0 Å². The Morgan fingerprint density at radius 3 is 2.56 bits per heavy atom. The molecule has 1 aromatic heterocycles. The topological polar surface area (TPSA) is 54.0 Å². The highest BCUT2D eigenvalue weighted by atomic mass is 32.1. The van der Waals surface area contributed by atoms with Gasteiger partial charge in [0, 0.05) is 23.9 Å². The normalized spacial score (nSPS) is 10.7. The molecule has 0 saturated carbocycles. The largest absolute Gasteiger partial charge is 0.337 e.